The predicted molar refractivity (Wildman–Crippen MR) is 105 cm³/mol. The fourth-order valence-corrected chi connectivity index (χ4v) is 2.91. The van der Waals surface area contributed by atoms with E-state index in [0.717, 1.165) is 16.5 Å². The van der Waals surface area contributed by atoms with Crippen LogP contribution in [0.25, 0.3) is 10.9 Å². The molecule has 0 radical (unpaired) electrons. The van der Waals surface area contributed by atoms with Gasteiger partial charge in [-0.25, -0.2) is 15.4 Å². The summed E-state index contributed by atoms with van der Waals surface area (Å²) in [4.78, 5) is 24.5. The zero-order valence-electron chi connectivity index (χ0n) is 14.8. The average molecular weight is 368 g/mol. The first-order valence-electron chi connectivity index (χ1n) is 8.67. The molecule has 7 nitrogen and oxygen atoms in total. The number of rotatable bonds is 6. The number of nitrogens with one attached hydrogen (secondary N) is 3. The van der Waals surface area contributed by atoms with Gasteiger partial charge < -0.3 is 4.98 Å². The van der Waals surface area contributed by atoms with Crippen LogP contribution in [0.1, 0.15) is 27.2 Å². The van der Waals surface area contributed by atoms with Gasteiger partial charge in [-0.3, -0.25) is 10.2 Å². The van der Waals surface area contributed by atoms with Crippen molar-refractivity contribution in [3.8, 4) is 6.07 Å². The molecule has 4 rings (SSSR count). The second-order valence-corrected chi connectivity index (χ2v) is 6.11. The maximum Gasteiger partial charge on any atom is 0.238 e. The Morgan fingerprint density at radius 1 is 1.11 bits per heavy atom. The molecular formula is C21H16N6O. The number of benzene rings is 2. The average Bonchev–Trinajstić information content (AvgIpc) is 3.18. The van der Waals surface area contributed by atoms with Crippen molar-refractivity contribution in [1.29, 1.82) is 5.26 Å². The number of para-hydroxylation sites is 1. The SMILES string of the molecule is N#Cc1cnc(NNCc2ccccc2)nc1C(=O)c1c[nH]c2ccccc12. The number of hydrazine groups is 1. The molecule has 0 aliphatic rings. The van der Waals surface area contributed by atoms with Crippen LogP contribution in [-0.2, 0) is 6.54 Å². The molecule has 0 saturated carbocycles. The lowest BCUT2D eigenvalue weighted by Crippen LogP contribution is -2.23. The van der Waals surface area contributed by atoms with Gasteiger partial charge in [0.05, 0.1) is 6.20 Å². The summed E-state index contributed by atoms with van der Waals surface area (Å²) in [6, 6.07) is 19.3. The minimum absolute atomic E-state index is 0.0614. The number of hydrogen-bond acceptors (Lipinski definition) is 6. The Morgan fingerprint density at radius 2 is 1.89 bits per heavy atom. The van der Waals surface area contributed by atoms with E-state index >= 15 is 0 Å². The third-order valence-electron chi connectivity index (χ3n) is 4.29. The molecule has 0 bridgehead atoms. The van der Waals surface area contributed by atoms with Gasteiger partial charge in [-0.15, -0.1) is 0 Å². The van der Waals surface area contributed by atoms with Gasteiger partial charge in [0.2, 0.25) is 11.7 Å². The maximum absolute atomic E-state index is 13.0. The number of anilines is 1. The smallest absolute Gasteiger partial charge is 0.238 e. The Morgan fingerprint density at radius 3 is 2.71 bits per heavy atom. The third kappa shape index (κ3) is 3.45. The summed E-state index contributed by atoms with van der Waals surface area (Å²) in [5.74, 6) is -0.111. The second kappa shape index (κ2) is 7.70. The molecule has 2 aromatic carbocycles. The zero-order valence-corrected chi connectivity index (χ0v) is 14.8. The first kappa shape index (κ1) is 17.4. The van der Waals surface area contributed by atoms with Crippen molar-refractivity contribution in [2.45, 2.75) is 6.54 Å². The summed E-state index contributed by atoms with van der Waals surface area (Å²) in [5, 5.41) is 10.2. The van der Waals surface area contributed by atoms with E-state index in [-0.39, 0.29) is 23.0 Å². The number of carbonyl (C=O) groups excluding carboxylic acids is 1. The highest BCUT2D eigenvalue weighted by atomic mass is 16.1. The van der Waals surface area contributed by atoms with Crippen LogP contribution < -0.4 is 10.9 Å². The maximum atomic E-state index is 13.0. The molecule has 28 heavy (non-hydrogen) atoms. The number of nitriles is 1. The second-order valence-electron chi connectivity index (χ2n) is 6.11. The lowest BCUT2D eigenvalue weighted by Gasteiger charge is -2.09. The molecule has 0 atom stereocenters. The fraction of sp³-hybridized carbons (Fsp3) is 0.0476. The summed E-state index contributed by atoms with van der Waals surface area (Å²) in [6.07, 6.45) is 2.98. The molecule has 0 aliphatic carbocycles. The first-order chi connectivity index (χ1) is 13.8. The summed E-state index contributed by atoms with van der Waals surface area (Å²) in [7, 11) is 0. The topological polar surface area (TPSA) is 106 Å². The number of aromatic nitrogens is 3. The van der Waals surface area contributed by atoms with E-state index in [2.05, 4.69) is 25.8 Å². The highest BCUT2D eigenvalue weighted by molar-refractivity contribution is 6.16. The number of H-pyrrole nitrogens is 1. The van der Waals surface area contributed by atoms with Crippen LogP contribution in [0.15, 0.2) is 67.0 Å². The van der Waals surface area contributed by atoms with Gasteiger partial charge in [0.1, 0.15) is 17.3 Å². The minimum Gasteiger partial charge on any atom is -0.360 e. The highest BCUT2D eigenvalue weighted by Gasteiger charge is 2.20. The molecule has 136 valence electrons. The molecule has 0 amide bonds. The van der Waals surface area contributed by atoms with Gasteiger partial charge in [-0.1, -0.05) is 48.5 Å². The number of fused-ring (bicyclic) bond motifs is 1. The molecule has 2 heterocycles. The molecular weight excluding hydrogens is 352 g/mol. The van der Waals surface area contributed by atoms with E-state index in [1.807, 2.05) is 60.7 Å². The predicted octanol–water partition coefficient (Wildman–Crippen LogP) is 3.18. The number of aromatic amines is 1. The van der Waals surface area contributed by atoms with Gasteiger partial charge >= 0.3 is 0 Å². The molecule has 0 aliphatic heterocycles. The lowest BCUT2D eigenvalue weighted by atomic mass is 10.0. The van der Waals surface area contributed by atoms with Gasteiger partial charge in [0.25, 0.3) is 0 Å². The van der Waals surface area contributed by atoms with Crippen molar-refractivity contribution >= 4 is 22.6 Å². The quantitative estimate of drug-likeness (QED) is 0.356. The lowest BCUT2D eigenvalue weighted by molar-refractivity contribution is 0.103. The third-order valence-corrected chi connectivity index (χ3v) is 4.29. The molecule has 0 saturated heterocycles. The van der Waals surface area contributed by atoms with Crippen LogP contribution >= 0.6 is 0 Å². The Bertz CT molecular complexity index is 1180. The molecule has 4 aromatic rings. The summed E-state index contributed by atoms with van der Waals surface area (Å²) in [5.41, 5.74) is 8.48. The molecule has 3 N–H and O–H groups in total. The van der Waals surface area contributed by atoms with Crippen LogP contribution in [0, 0.1) is 11.3 Å². The molecule has 2 aromatic heterocycles. The van der Waals surface area contributed by atoms with Gasteiger partial charge in [0, 0.05) is 29.2 Å². The van der Waals surface area contributed by atoms with Crippen molar-refractivity contribution in [3.05, 3.63) is 89.4 Å². The van der Waals surface area contributed by atoms with Gasteiger partial charge in [0.15, 0.2) is 0 Å². The number of nitrogens with zero attached hydrogens (tertiary/aromatic N) is 3. The number of carbonyl (C=O) groups is 1. The van der Waals surface area contributed by atoms with Crippen molar-refractivity contribution in [2.75, 3.05) is 5.43 Å². The summed E-state index contributed by atoms with van der Waals surface area (Å²) < 4.78 is 0. The van der Waals surface area contributed by atoms with E-state index in [1.54, 1.807) is 6.20 Å². The largest absolute Gasteiger partial charge is 0.360 e. The van der Waals surface area contributed by atoms with Crippen LogP contribution in [0.2, 0.25) is 0 Å². The number of ketones is 1. The highest BCUT2D eigenvalue weighted by Crippen LogP contribution is 2.21. The van der Waals surface area contributed by atoms with Crippen LogP contribution in [0.3, 0.4) is 0 Å². The van der Waals surface area contributed by atoms with Crippen LogP contribution in [0.5, 0.6) is 0 Å². The molecule has 7 heteroatoms. The van der Waals surface area contributed by atoms with Crippen molar-refractivity contribution in [3.63, 3.8) is 0 Å². The Kier molecular flexibility index (Phi) is 4.78. The van der Waals surface area contributed by atoms with Gasteiger partial charge in [-0.2, -0.15) is 5.26 Å². The first-order valence-corrected chi connectivity index (χ1v) is 8.67. The molecule has 0 fully saturated rings. The normalized spacial score (nSPS) is 10.5. The fourth-order valence-electron chi connectivity index (χ4n) is 2.91. The van der Waals surface area contributed by atoms with E-state index in [0.29, 0.717) is 12.1 Å². The van der Waals surface area contributed by atoms with Crippen molar-refractivity contribution in [1.82, 2.24) is 20.4 Å². The molecule has 0 unspecified atom stereocenters. The van der Waals surface area contributed by atoms with Crippen LogP contribution in [-0.4, -0.2) is 20.7 Å². The Labute approximate surface area is 161 Å². The standard InChI is InChI=1S/C21H16N6O/c22-10-15-12-24-21(27-25-11-14-6-2-1-3-7-14)26-19(15)20(28)17-13-23-18-9-5-4-8-16(17)18/h1-9,12-13,23,25H,11H2,(H,24,26,27). The van der Waals surface area contributed by atoms with E-state index in [1.165, 1.54) is 6.20 Å². The summed E-state index contributed by atoms with van der Waals surface area (Å²) in [6.45, 7) is 0.552. The monoisotopic (exact) mass is 368 g/mol. The molecule has 0 spiro atoms. The minimum atomic E-state index is -0.331. The Balaban J connectivity index is 1.58. The zero-order chi connectivity index (χ0) is 19.3. The van der Waals surface area contributed by atoms with E-state index in [4.69, 9.17) is 0 Å². The van der Waals surface area contributed by atoms with Crippen molar-refractivity contribution in [2.24, 2.45) is 0 Å². The van der Waals surface area contributed by atoms with Crippen molar-refractivity contribution < 1.29 is 4.79 Å². The van der Waals surface area contributed by atoms with E-state index in [9.17, 15) is 10.1 Å². The Hall–Kier alpha value is -4.02. The summed E-state index contributed by atoms with van der Waals surface area (Å²) >= 11 is 0. The van der Waals surface area contributed by atoms with Crippen LogP contribution in [0.4, 0.5) is 5.95 Å². The number of hydrogen-bond donors (Lipinski definition) is 3. The van der Waals surface area contributed by atoms with E-state index < -0.39 is 0 Å². The van der Waals surface area contributed by atoms with Gasteiger partial charge in [-0.05, 0) is 11.6 Å².